The first-order valence-electron chi connectivity index (χ1n) is 9.53. The molecule has 0 aromatic carbocycles. The summed E-state index contributed by atoms with van der Waals surface area (Å²) >= 11 is 0. The van der Waals surface area contributed by atoms with Crippen LogP contribution in [0.2, 0.25) is 0 Å². The van der Waals surface area contributed by atoms with Crippen molar-refractivity contribution >= 4 is 17.4 Å². The van der Waals surface area contributed by atoms with Gasteiger partial charge < -0.3 is 9.80 Å². The summed E-state index contributed by atoms with van der Waals surface area (Å²) < 4.78 is 40.1. The van der Waals surface area contributed by atoms with E-state index in [0.717, 1.165) is 15.9 Å². The lowest BCUT2D eigenvalue weighted by atomic mass is 10.2. The number of alkyl halides is 3. The van der Waals surface area contributed by atoms with Gasteiger partial charge in [0.1, 0.15) is 5.82 Å². The third kappa shape index (κ3) is 3.71. The molecule has 12 heteroatoms. The van der Waals surface area contributed by atoms with Crippen LogP contribution in [-0.2, 0) is 6.18 Å². The molecule has 0 radical (unpaired) electrons. The number of hydrogen-bond donors (Lipinski definition) is 0. The van der Waals surface area contributed by atoms with E-state index < -0.39 is 12.0 Å². The van der Waals surface area contributed by atoms with Crippen molar-refractivity contribution in [1.82, 2.24) is 34.8 Å². The number of hydrogen-bond acceptors (Lipinski definition) is 8. The van der Waals surface area contributed by atoms with Crippen molar-refractivity contribution in [3.63, 3.8) is 0 Å². The average Bonchev–Trinajstić information content (AvgIpc) is 3.24. The van der Waals surface area contributed by atoms with Gasteiger partial charge in [-0.15, -0.1) is 15.3 Å². The summed E-state index contributed by atoms with van der Waals surface area (Å²) in [4.78, 5) is 17.2. The molecule has 1 fully saturated rings. The zero-order valence-electron chi connectivity index (χ0n) is 16.1. The number of piperazine rings is 1. The summed E-state index contributed by atoms with van der Waals surface area (Å²) in [5.41, 5.74) is 1.54. The second-order valence-electron chi connectivity index (χ2n) is 6.91. The normalized spacial score (nSPS) is 14.9. The standard InChI is InChI=1S/C19H16F3N9/c20-19(21,22)17-27-26-15-4-5-16(28-31(15)17)29-9-11-30(12-10-29)18-24-8-6-14(25-18)13-3-1-2-7-23-13/h1-8H,9-12H2. The van der Waals surface area contributed by atoms with Crippen LogP contribution < -0.4 is 9.80 Å². The molecule has 158 valence electrons. The highest BCUT2D eigenvalue weighted by Gasteiger charge is 2.38. The van der Waals surface area contributed by atoms with Crippen LogP contribution in [0.3, 0.4) is 0 Å². The molecular weight excluding hydrogens is 411 g/mol. The van der Waals surface area contributed by atoms with Gasteiger partial charge in [0, 0.05) is 38.6 Å². The van der Waals surface area contributed by atoms with Gasteiger partial charge >= 0.3 is 6.18 Å². The predicted molar refractivity (Wildman–Crippen MR) is 105 cm³/mol. The largest absolute Gasteiger partial charge is 0.453 e. The molecule has 0 unspecified atom stereocenters. The summed E-state index contributed by atoms with van der Waals surface area (Å²) in [6, 6.07) is 10.6. The minimum Gasteiger partial charge on any atom is -0.352 e. The Kier molecular flexibility index (Phi) is 4.60. The van der Waals surface area contributed by atoms with E-state index in [1.54, 1.807) is 24.5 Å². The summed E-state index contributed by atoms with van der Waals surface area (Å²) in [7, 11) is 0. The second-order valence-corrected chi connectivity index (χ2v) is 6.91. The van der Waals surface area contributed by atoms with Crippen LogP contribution in [0.1, 0.15) is 5.82 Å². The van der Waals surface area contributed by atoms with E-state index in [0.29, 0.717) is 37.9 Å². The Bertz CT molecular complexity index is 1200. The van der Waals surface area contributed by atoms with E-state index in [-0.39, 0.29) is 5.65 Å². The summed E-state index contributed by atoms with van der Waals surface area (Å²) in [6.45, 7) is 2.30. The molecule has 0 atom stereocenters. The van der Waals surface area contributed by atoms with Crippen LogP contribution in [-0.4, -0.2) is 60.9 Å². The second kappa shape index (κ2) is 7.45. The van der Waals surface area contributed by atoms with Crippen LogP contribution >= 0.6 is 0 Å². The first kappa shape index (κ1) is 19.2. The van der Waals surface area contributed by atoms with Gasteiger partial charge in [0.05, 0.1) is 11.4 Å². The SMILES string of the molecule is FC(F)(F)c1nnc2ccc(N3CCN(c4nccc(-c5ccccn5)n4)CC3)nn12. The lowest BCUT2D eigenvalue weighted by Crippen LogP contribution is -2.47. The molecule has 0 saturated carbocycles. The molecule has 4 aromatic heterocycles. The maximum atomic E-state index is 13.1. The van der Waals surface area contributed by atoms with Crippen molar-refractivity contribution in [3.05, 3.63) is 54.6 Å². The number of halogens is 3. The minimum absolute atomic E-state index is 0.0504. The molecule has 1 saturated heterocycles. The van der Waals surface area contributed by atoms with Gasteiger partial charge in [-0.2, -0.15) is 17.7 Å². The van der Waals surface area contributed by atoms with Crippen LogP contribution in [0.15, 0.2) is 48.8 Å². The first-order chi connectivity index (χ1) is 15.0. The first-order valence-corrected chi connectivity index (χ1v) is 9.53. The van der Waals surface area contributed by atoms with Gasteiger partial charge in [0.25, 0.3) is 5.82 Å². The summed E-state index contributed by atoms with van der Waals surface area (Å²) in [5.74, 6) is -0.118. The highest BCUT2D eigenvalue weighted by molar-refractivity contribution is 5.55. The Balaban J connectivity index is 1.33. The number of rotatable bonds is 3. The Morgan fingerprint density at radius 3 is 2.32 bits per heavy atom. The summed E-state index contributed by atoms with van der Waals surface area (Å²) in [5, 5.41) is 10.9. The monoisotopic (exact) mass is 427 g/mol. The van der Waals surface area contributed by atoms with Crippen molar-refractivity contribution in [2.45, 2.75) is 6.18 Å². The Morgan fingerprint density at radius 1 is 0.774 bits per heavy atom. The van der Waals surface area contributed by atoms with Gasteiger partial charge in [-0.05, 0) is 30.3 Å². The minimum atomic E-state index is -4.63. The van der Waals surface area contributed by atoms with Crippen molar-refractivity contribution in [2.75, 3.05) is 36.0 Å². The fraction of sp³-hybridized carbons (Fsp3) is 0.263. The molecule has 0 spiro atoms. The van der Waals surface area contributed by atoms with Gasteiger partial charge in [-0.1, -0.05) is 6.07 Å². The molecular formula is C19H16F3N9. The van der Waals surface area contributed by atoms with Crippen LogP contribution in [0.4, 0.5) is 24.9 Å². The zero-order valence-corrected chi connectivity index (χ0v) is 16.1. The van der Waals surface area contributed by atoms with E-state index >= 15 is 0 Å². The van der Waals surface area contributed by atoms with Gasteiger partial charge in [0.15, 0.2) is 5.65 Å². The molecule has 0 aliphatic carbocycles. The summed E-state index contributed by atoms with van der Waals surface area (Å²) in [6.07, 6.45) is -1.22. The van der Waals surface area contributed by atoms with Crippen LogP contribution in [0.25, 0.3) is 17.0 Å². The Labute approximate surface area is 174 Å². The average molecular weight is 427 g/mol. The molecule has 1 aliphatic rings. The van der Waals surface area contributed by atoms with Gasteiger partial charge in [-0.3, -0.25) is 4.98 Å². The van der Waals surface area contributed by atoms with E-state index in [4.69, 9.17) is 0 Å². The molecule has 5 rings (SSSR count). The molecule has 0 amide bonds. The molecule has 0 N–H and O–H groups in total. The van der Waals surface area contributed by atoms with Crippen LogP contribution in [0.5, 0.6) is 0 Å². The molecule has 1 aliphatic heterocycles. The predicted octanol–water partition coefficient (Wildman–Crippen LogP) is 2.32. The fourth-order valence-corrected chi connectivity index (χ4v) is 3.42. The van der Waals surface area contributed by atoms with Crippen LogP contribution in [0, 0.1) is 0 Å². The van der Waals surface area contributed by atoms with E-state index in [9.17, 15) is 13.2 Å². The molecule has 9 nitrogen and oxygen atoms in total. The number of pyridine rings is 1. The number of fused-ring (bicyclic) bond motifs is 1. The van der Waals surface area contributed by atoms with E-state index in [1.165, 1.54) is 6.07 Å². The maximum Gasteiger partial charge on any atom is 0.453 e. The smallest absolute Gasteiger partial charge is 0.352 e. The van der Waals surface area contributed by atoms with Crippen molar-refractivity contribution in [2.24, 2.45) is 0 Å². The molecule has 5 heterocycles. The molecule has 4 aromatic rings. The third-order valence-corrected chi connectivity index (χ3v) is 4.96. The highest BCUT2D eigenvalue weighted by atomic mass is 19.4. The fourth-order valence-electron chi connectivity index (χ4n) is 3.42. The quantitative estimate of drug-likeness (QED) is 0.492. The van der Waals surface area contributed by atoms with Crippen molar-refractivity contribution < 1.29 is 13.2 Å². The third-order valence-electron chi connectivity index (χ3n) is 4.96. The lowest BCUT2D eigenvalue weighted by molar-refractivity contribution is -0.146. The Hall–Kier alpha value is -3.83. The topological polar surface area (TPSA) is 88.2 Å². The van der Waals surface area contributed by atoms with Crippen molar-refractivity contribution in [1.29, 1.82) is 0 Å². The maximum absolute atomic E-state index is 13.1. The number of anilines is 2. The van der Waals surface area contributed by atoms with E-state index in [1.807, 2.05) is 28.0 Å². The molecule has 31 heavy (non-hydrogen) atoms. The van der Waals surface area contributed by atoms with E-state index in [2.05, 4.69) is 30.2 Å². The highest BCUT2D eigenvalue weighted by Crippen LogP contribution is 2.28. The van der Waals surface area contributed by atoms with Gasteiger partial charge in [-0.25, -0.2) is 9.97 Å². The zero-order chi connectivity index (χ0) is 21.4. The number of aromatic nitrogens is 7. The number of nitrogens with zero attached hydrogens (tertiary/aromatic N) is 9. The van der Waals surface area contributed by atoms with Crippen molar-refractivity contribution in [3.8, 4) is 11.4 Å². The Morgan fingerprint density at radius 2 is 1.58 bits per heavy atom. The van der Waals surface area contributed by atoms with Gasteiger partial charge in [0.2, 0.25) is 5.95 Å². The lowest BCUT2D eigenvalue weighted by Gasteiger charge is -2.35. The molecule has 0 bridgehead atoms.